The van der Waals surface area contributed by atoms with Crippen LogP contribution in [0.1, 0.15) is 35.3 Å². The number of halogens is 1. The standard InChI is InChI=1S/C10H11ClN2O/c1-6(14)8-4-7(5-13-10(8)11)9-2-3-12-9/h4-5,9,12H,2-3H2,1H3/t9-/m0/s1. The number of ketones is 1. The van der Waals surface area contributed by atoms with Gasteiger partial charge < -0.3 is 5.32 Å². The largest absolute Gasteiger partial charge is 0.310 e. The Balaban J connectivity index is 2.34. The second-order valence-electron chi connectivity index (χ2n) is 3.46. The summed E-state index contributed by atoms with van der Waals surface area (Å²) in [5.41, 5.74) is 1.56. The van der Waals surface area contributed by atoms with E-state index in [1.165, 1.54) is 6.92 Å². The molecule has 14 heavy (non-hydrogen) atoms. The first-order chi connectivity index (χ1) is 6.68. The third-order valence-electron chi connectivity index (χ3n) is 2.47. The van der Waals surface area contributed by atoms with Gasteiger partial charge in [0.15, 0.2) is 5.78 Å². The molecule has 1 aromatic heterocycles. The molecule has 1 aromatic rings. The van der Waals surface area contributed by atoms with Gasteiger partial charge in [-0.2, -0.15) is 0 Å². The number of hydrogen-bond acceptors (Lipinski definition) is 3. The van der Waals surface area contributed by atoms with Crippen LogP contribution in [0.2, 0.25) is 5.15 Å². The van der Waals surface area contributed by atoms with Crippen LogP contribution in [0.5, 0.6) is 0 Å². The molecule has 1 atom stereocenters. The Morgan fingerprint density at radius 2 is 2.43 bits per heavy atom. The predicted octanol–water partition coefficient (Wildman–Crippen LogP) is 1.97. The number of hydrogen-bond donors (Lipinski definition) is 1. The van der Waals surface area contributed by atoms with E-state index in [2.05, 4.69) is 10.3 Å². The molecule has 1 fully saturated rings. The fourth-order valence-electron chi connectivity index (χ4n) is 1.47. The lowest BCUT2D eigenvalue weighted by molar-refractivity contribution is 0.101. The van der Waals surface area contributed by atoms with E-state index < -0.39 is 0 Å². The first-order valence-corrected chi connectivity index (χ1v) is 4.96. The molecule has 1 N–H and O–H groups in total. The number of nitrogens with one attached hydrogen (secondary N) is 1. The Morgan fingerprint density at radius 3 is 2.93 bits per heavy atom. The van der Waals surface area contributed by atoms with Crippen molar-refractivity contribution in [3.63, 3.8) is 0 Å². The van der Waals surface area contributed by atoms with Crippen LogP contribution in [0, 0.1) is 0 Å². The van der Waals surface area contributed by atoms with Crippen molar-refractivity contribution in [2.45, 2.75) is 19.4 Å². The number of carbonyl (C=O) groups is 1. The summed E-state index contributed by atoms with van der Waals surface area (Å²) in [6.45, 7) is 2.53. The molecule has 1 aliphatic rings. The maximum absolute atomic E-state index is 11.2. The molecule has 4 heteroatoms. The van der Waals surface area contributed by atoms with E-state index in [-0.39, 0.29) is 5.78 Å². The summed E-state index contributed by atoms with van der Waals surface area (Å²) >= 11 is 5.80. The Morgan fingerprint density at radius 1 is 1.71 bits per heavy atom. The molecular weight excluding hydrogens is 200 g/mol. The molecule has 0 radical (unpaired) electrons. The van der Waals surface area contributed by atoms with Gasteiger partial charge in [-0.25, -0.2) is 4.98 Å². The van der Waals surface area contributed by atoms with Crippen molar-refractivity contribution in [3.8, 4) is 0 Å². The molecule has 0 aliphatic carbocycles. The first-order valence-electron chi connectivity index (χ1n) is 4.58. The highest BCUT2D eigenvalue weighted by atomic mass is 35.5. The van der Waals surface area contributed by atoms with Crippen molar-refractivity contribution >= 4 is 17.4 Å². The minimum atomic E-state index is -0.0383. The third-order valence-corrected chi connectivity index (χ3v) is 2.77. The molecule has 0 saturated carbocycles. The highest BCUT2D eigenvalue weighted by Gasteiger charge is 2.20. The highest BCUT2D eigenvalue weighted by molar-refractivity contribution is 6.32. The van der Waals surface area contributed by atoms with Crippen molar-refractivity contribution in [2.24, 2.45) is 0 Å². The molecule has 3 nitrogen and oxygen atoms in total. The van der Waals surface area contributed by atoms with Crippen molar-refractivity contribution in [2.75, 3.05) is 6.54 Å². The average molecular weight is 211 g/mol. The van der Waals surface area contributed by atoms with Crippen LogP contribution >= 0.6 is 11.6 Å². The SMILES string of the molecule is CC(=O)c1cc([C@@H]2CCN2)cnc1Cl. The molecule has 0 aromatic carbocycles. The van der Waals surface area contributed by atoms with Crippen LogP contribution in [-0.4, -0.2) is 17.3 Å². The average Bonchev–Trinajstić information content (AvgIpc) is 2.04. The summed E-state index contributed by atoms with van der Waals surface area (Å²) in [6.07, 6.45) is 2.83. The normalized spacial score (nSPS) is 20.3. The molecule has 74 valence electrons. The van der Waals surface area contributed by atoms with E-state index >= 15 is 0 Å². The van der Waals surface area contributed by atoms with Crippen molar-refractivity contribution in [3.05, 3.63) is 28.5 Å². The van der Waals surface area contributed by atoms with Gasteiger partial charge in [0.25, 0.3) is 0 Å². The topological polar surface area (TPSA) is 42.0 Å². The minimum absolute atomic E-state index is 0.0383. The maximum Gasteiger partial charge on any atom is 0.162 e. The van der Waals surface area contributed by atoms with Gasteiger partial charge in [0.1, 0.15) is 5.15 Å². The van der Waals surface area contributed by atoms with Crippen molar-refractivity contribution < 1.29 is 4.79 Å². The molecule has 0 spiro atoms. The molecule has 2 heterocycles. The van der Waals surface area contributed by atoms with E-state index in [1.807, 2.05) is 6.07 Å². The molecular formula is C10H11ClN2O. The van der Waals surface area contributed by atoms with E-state index in [4.69, 9.17) is 11.6 Å². The zero-order valence-corrected chi connectivity index (χ0v) is 8.64. The Hall–Kier alpha value is -0.930. The van der Waals surface area contributed by atoms with Crippen LogP contribution < -0.4 is 5.32 Å². The lowest BCUT2D eigenvalue weighted by Gasteiger charge is -2.27. The quantitative estimate of drug-likeness (QED) is 0.600. The third kappa shape index (κ3) is 1.65. The smallest absolute Gasteiger partial charge is 0.162 e. The van der Waals surface area contributed by atoms with Crippen LogP contribution in [0.25, 0.3) is 0 Å². The van der Waals surface area contributed by atoms with E-state index in [0.29, 0.717) is 16.8 Å². The Labute approximate surface area is 87.5 Å². The number of Topliss-reactive ketones (excluding diaryl/α,β-unsaturated/α-hetero) is 1. The molecule has 1 saturated heterocycles. The van der Waals surface area contributed by atoms with Gasteiger partial charge in [0, 0.05) is 12.2 Å². The van der Waals surface area contributed by atoms with Crippen LogP contribution in [-0.2, 0) is 0 Å². The molecule has 0 unspecified atom stereocenters. The van der Waals surface area contributed by atoms with Gasteiger partial charge in [-0.15, -0.1) is 0 Å². The fraction of sp³-hybridized carbons (Fsp3) is 0.400. The minimum Gasteiger partial charge on any atom is -0.310 e. The monoisotopic (exact) mass is 210 g/mol. The molecule has 0 amide bonds. The first kappa shape index (κ1) is 9.62. The number of carbonyl (C=O) groups excluding carboxylic acids is 1. The van der Waals surface area contributed by atoms with Gasteiger partial charge >= 0.3 is 0 Å². The second-order valence-corrected chi connectivity index (χ2v) is 3.82. The second kappa shape index (κ2) is 3.67. The summed E-state index contributed by atoms with van der Waals surface area (Å²) < 4.78 is 0. The summed E-state index contributed by atoms with van der Waals surface area (Å²) in [5, 5.41) is 3.55. The number of aromatic nitrogens is 1. The summed E-state index contributed by atoms with van der Waals surface area (Å²) in [6, 6.07) is 2.17. The number of nitrogens with zero attached hydrogens (tertiary/aromatic N) is 1. The van der Waals surface area contributed by atoms with Crippen molar-refractivity contribution in [1.29, 1.82) is 0 Å². The van der Waals surface area contributed by atoms with E-state index in [1.54, 1.807) is 6.20 Å². The maximum atomic E-state index is 11.2. The lowest BCUT2D eigenvalue weighted by atomic mass is 9.98. The van der Waals surface area contributed by atoms with Gasteiger partial charge in [-0.3, -0.25) is 4.79 Å². The zero-order chi connectivity index (χ0) is 10.1. The van der Waals surface area contributed by atoms with Crippen LogP contribution in [0.4, 0.5) is 0 Å². The number of rotatable bonds is 2. The Kier molecular flexibility index (Phi) is 2.52. The lowest BCUT2D eigenvalue weighted by Crippen LogP contribution is -2.35. The highest BCUT2D eigenvalue weighted by Crippen LogP contribution is 2.25. The van der Waals surface area contributed by atoms with Crippen LogP contribution in [0.15, 0.2) is 12.3 Å². The van der Waals surface area contributed by atoms with Crippen LogP contribution in [0.3, 0.4) is 0 Å². The van der Waals surface area contributed by atoms with Gasteiger partial charge in [-0.05, 0) is 31.5 Å². The molecule has 0 bridgehead atoms. The molecule has 1 aliphatic heterocycles. The predicted molar refractivity (Wildman–Crippen MR) is 54.6 cm³/mol. The van der Waals surface area contributed by atoms with Gasteiger partial charge in [0.05, 0.1) is 5.56 Å². The van der Waals surface area contributed by atoms with E-state index in [9.17, 15) is 4.79 Å². The van der Waals surface area contributed by atoms with Gasteiger partial charge in [0.2, 0.25) is 0 Å². The number of pyridine rings is 1. The fourth-order valence-corrected chi connectivity index (χ4v) is 1.71. The summed E-state index contributed by atoms with van der Waals surface area (Å²) in [4.78, 5) is 15.2. The molecule has 2 rings (SSSR count). The summed E-state index contributed by atoms with van der Waals surface area (Å²) in [5.74, 6) is -0.0383. The summed E-state index contributed by atoms with van der Waals surface area (Å²) in [7, 11) is 0. The van der Waals surface area contributed by atoms with Crippen molar-refractivity contribution in [1.82, 2.24) is 10.3 Å². The van der Waals surface area contributed by atoms with Gasteiger partial charge in [-0.1, -0.05) is 11.6 Å². The zero-order valence-electron chi connectivity index (χ0n) is 7.88. The Bertz CT molecular complexity index is 374. The van der Waals surface area contributed by atoms with E-state index in [0.717, 1.165) is 18.5 Å².